The van der Waals surface area contributed by atoms with Gasteiger partial charge in [0.2, 0.25) is 0 Å². The molecule has 0 unspecified atom stereocenters. The fourth-order valence-corrected chi connectivity index (χ4v) is 5.68. The predicted octanol–water partition coefficient (Wildman–Crippen LogP) is 1.98. The van der Waals surface area contributed by atoms with Gasteiger partial charge in [-0.2, -0.15) is 5.10 Å². The quantitative estimate of drug-likeness (QED) is 0.700. The van der Waals surface area contributed by atoms with Crippen LogP contribution in [-0.4, -0.2) is 77.6 Å². The van der Waals surface area contributed by atoms with Crippen LogP contribution in [0.5, 0.6) is 0 Å². The highest BCUT2D eigenvalue weighted by Gasteiger charge is 2.53. The Hall–Kier alpha value is -1.44. The maximum absolute atomic E-state index is 13.2. The molecular weight excluding hydrogens is 368 g/mol. The van der Waals surface area contributed by atoms with Gasteiger partial charge in [0.15, 0.2) is 0 Å². The molecule has 1 aliphatic carbocycles. The van der Waals surface area contributed by atoms with Crippen LogP contribution < -0.4 is 0 Å². The molecular formula is C22H36N4O3. The number of nitrogens with zero attached hydrogens (tertiary/aromatic N) is 4. The average Bonchev–Trinajstić information content (AvgIpc) is 3.06. The van der Waals surface area contributed by atoms with Crippen LogP contribution in [0.1, 0.15) is 43.9 Å². The van der Waals surface area contributed by atoms with Crippen molar-refractivity contribution in [2.24, 2.45) is 18.4 Å². The molecule has 3 fully saturated rings. The van der Waals surface area contributed by atoms with Crippen LogP contribution in [0.2, 0.25) is 0 Å². The fraction of sp³-hybridized carbons (Fsp3) is 0.818. The van der Waals surface area contributed by atoms with E-state index in [1.807, 2.05) is 24.9 Å². The molecule has 1 aromatic rings. The molecule has 0 spiro atoms. The van der Waals surface area contributed by atoms with E-state index in [4.69, 9.17) is 9.47 Å². The van der Waals surface area contributed by atoms with Gasteiger partial charge in [0.25, 0.3) is 0 Å². The van der Waals surface area contributed by atoms with Crippen molar-refractivity contribution in [1.29, 1.82) is 0 Å². The molecule has 0 amide bonds. The Morgan fingerprint density at radius 1 is 1.31 bits per heavy atom. The normalized spacial score (nSPS) is 31.4. The van der Waals surface area contributed by atoms with E-state index in [9.17, 15) is 4.79 Å². The molecule has 0 bridgehead atoms. The third-order valence-corrected chi connectivity index (χ3v) is 7.54. The summed E-state index contributed by atoms with van der Waals surface area (Å²) in [5, 5.41) is 4.39. The second-order valence-corrected chi connectivity index (χ2v) is 9.03. The first-order valence-corrected chi connectivity index (χ1v) is 11.2. The van der Waals surface area contributed by atoms with Gasteiger partial charge >= 0.3 is 5.97 Å². The van der Waals surface area contributed by atoms with Gasteiger partial charge in [0, 0.05) is 50.5 Å². The Balaban J connectivity index is 1.49. The van der Waals surface area contributed by atoms with Crippen LogP contribution in [0.15, 0.2) is 6.20 Å². The van der Waals surface area contributed by atoms with E-state index in [-0.39, 0.29) is 11.4 Å². The lowest BCUT2D eigenvalue weighted by Gasteiger charge is -2.52. The molecule has 7 heteroatoms. The molecule has 3 heterocycles. The maximum Gasteiger partial charge on any atom is 0.313 e. The van der Waals surface area contributed by atoms with Gasteiger partial charge in [0.1, 0.15) is 0 Å². The number of esters is 1. The fourth-order valence-electron chi connectivity index (χ4n) is 5.68. The van der Waals surface area contributed by atoms with E-state index in [2.05, 4.69) is 21.8 Å². The molecule has 1 saturated carbocycles. The Morgan fingerprint density at radius 2 is 2.10 bits per heavy atom. The summed E-state index contributed by atoms with van der Waals surface area (Å²) >= 11 is 0. The molecule has 1 aromatic heterocycles. The predicted molar refractivity (Wildman–Crippen MR) is 110 cm³/mol. The van der Waals surface area contributed by atoms with E-state index in [0.717, 1.165) is 71.6 Å². The molecule has 162 valence electrons. The number of morpholine rings is 1. The largest absolute Gasteiger partial charge is 0.466 e. The van der Waals surface area contributed by atoms with E-state index < -0.39 is 0 Å². The Morgan fingerprint density at radius 3 is 2.79 bits per heavy atom. The summed E-state index contributed by atoms with van der Waals surface area (Å²) in [5.74, 6) is 0.437. The van der Waals surface area contributed by atoms with Gasteiger partial charge in [-0.05, 0) is 52.0 Å². The number of carbonyl (C=O) groups excluding carboxylic acids is 1. The number of piperidine rings is 1. The number of aromatic nitrogens is 2. The van der Waals surface area contributed by atoms with Crippen molar-refractivity contribution in [2.45, 2.75) is 52.1 Å². The zero-order chi connectivity index (χ0) is 20.4. The van der Waals surface area contributed by atoms with E-state index in [1.54, 1.807) is 0 Å². The molecule has 0 aromatic carbocycles. The highest BCUT2D eigenvalue weighted by molar-refractivity contribution is 5.78. The SMILES string of the molecule is CCOC(=O)[C@@]12CC[C@@H](N3CCOCC3)C[C@H]1CCN(Cc1cnn(C)c1C)C2. The van der Waals surface area contributed by atoms with Crippen molar-refractivity contribution in [3.63, 3.8) is 0 Å². The zero-order valence-electron chi connectivity index (χ0n) is 18.2. The van der Waals surface area contributed by atoms with E-state index in [1.165, 1.54) is 11.3 Å². The van der Waals surface area contributed by atoms with Crippen molar-refractivity contribution in [2.75, 3.05) is 46.0 Å². The molecule has 0 N–H and O–H groups in total. The molecule has 29 heavy (non-hydrogen) atoms. The number of hydrogen-bond donors (Lipinski definition) is 0. The summed E-state index contributed by atoms with van der Waals surface area (Å²) in [5.41, 5.74) is 2.10. The Bertz CT molecular complexity index is 715. The van der Waals surface area contributed by atoms with Crippen molar-refractivity contribution >= 4 is 5.97 Å². The van der Waals surface area contributed by atoms with Gasteiger partial charge in [0.05, 0.1) is 31.4 Å². The standard InChI is InChI=1S/C22H36N4O3/c1-4-29-21(27)22-7-5-20(26-9-11-28-12-10-26)13-19(22)6-8-25(16-22)15-18-14-23-24(3)17(18)2/h14,19-20H,4-13,15-16H2,1-3H3/t19-,20-,22-/m1/s1. The summed E-state index contributed by atoms with van der Waals surface area (Å²) in [6.45, 7) is 10.9. The summed E-state index contributed by atoms with van der Waals surface area (Å²) in [4.78, 5) is 18.2. The summed E-state index contributed by atoms with van der Waals surface area (Å²) < 4.78 is 13.1. The lowest BCUT2D eigenvalue weighted by molar-refractivity contribution is -0.170. The number of fused-ring (bicyclic) bond motifs is 1. The van der Waals surface area contributed by atoms with Gasteiger partial charge < -0.3 is 9.47 Å². The third kappa shape index (κ3) is 4.09. The van der Waals surface area contributed by atoms with Crippen LogP contribution in [-0.2, 0) is 27.9 Å². The van der Waals surface area contributed by atoms with Crippen LogP contribution in [0.3, 0.4) is 0 Å². The first-order valence-electron chi connectivity index (χ1n) is 11.2. The lowest BCUT2D eigenvalue weighted by atomic mass is 9.61. The van der Waals surface area contributed by atoms with Crippen molar-refractivity contribution < 1.29 is 14.3 Å². The van der Waals surface area contributed by atoms with Gasteiger partial charge in [-0.15, -0.1) is 0 Å². The number of aryl methyl sites for hydroxylation is 1. The summed E-state index contributed by atoms with van der Waals surface area (Å²) in [6.07, 6.45) is 6.15. The topological polar surface area (TPSA) is 59.8 Å². The Kier molecular flexibility index (Phi) is 6.27. The maximum atomic E-state index is 13.2. The minimum Gasteiger partial charge on any atom is -0.466 e. The number of rotatable bonds is 5. The summed E-state index contributed by atoms with van der Waals surface area (Å²) in [6, 6.07) is 0.582. The molecule has 7 nitrogen and oxygen atoms in total. The number of ether oxygens (including phenoxy) is 2. The van der Waals surface area contributed by atoms with Crippen LogP contribution in [0, 0.1) is 18.3 Å². The van der Waals surface area contributed by atoms with E-state index in [0.29, 0.717) is 18.6 Å². The minimum atomic E-state index is -0.354. The average molecular weight is 405 g/mol. The van der Waals surface area contributed by atoms with Crippen molar-refractivity contribution in [3.8, 4) is 0 Å². The molecule has 3 atom stereocenters. The molecule has 4 rings (SSSR count). The number of hydrogen-bond acceptors (Lipinski definition) is 6. The zero-order valence-corrected chi connectivity index (χ0v) is 18.2. The third-order valence-electron chi connectivity index (χ3n) is 7.54. The van der Waals surface area contributed by atoms with Crippen LogP contribution in [0.25, 0.3) is 0 Å². The monoisotopic (exact) mass is 404 g/mol. The van der Waals surface area contributed by atoms with Gasteiger partial charge in [-0.25, -0.2) is 0 Å². The van der Waals surface area contributed by atoms with Crippen molar-refractivity contribution in [1.82, 2.24) is 19.6 Å². The van der Waals surface area contributed by atoms with Gasteiger partial charge in [-0.3, -0.25) is 19.3 Å². The number of carbonyl (C=O) groups is 1. The van der Waals surface area contributed by atoms with Crippen LogP contribution in [0.4, 0.5) is 0 Å². The molecule has 0 radical (unpaired) electrons. The highest BCUT2D eigenvalue weighted by atomic mass is 16.5. The lowest BCUT2D eigenvalue weighted by Crippen LogP contribution is -2.58. The van der Waals surface area contributed by atoms with Crippen LogP contribution >= 0.6 is 0 Å². The second-order valence-electron chi connectivity index (χ2n) is 9.03. The summed E-state index contributed by atoms with van der Waals surface area (Å²) in [7, 11) is 1.98. The van der Waals surface area contributed by atoms with E-state index >= 15 is 0 Å². The van der Waals surface area contributed by atoms with Gasteiger partial charge in [-0.1, -0.05) is 0 Å². The first-order chi connectivity index (χ1) is 14.0. The smallest absolute Gasteiger partial charge is 0.313 e. The number of likely N-dealkylation sites (tertiary alicyclic amines) is 1. The first kappa shape index (κ1) is 20.8. The molecule has 2 aliphatic heterocycles. The second kappa shape index (κ2) is 8.74. The van der Waals surface area contributed by atoms with Crippen molar-refractivity contribution in [3.05, 3.63) is 17.5 Å². The highest BCUT2D eigenvalue weighted by Crippen LogP contribution is 2.48. The molecule has 2 saturated heterocycles. The molecule has 3 aliphatic rings. The minimum absolute atomic E-state index is 0.0260. The Labute approximate surface area is 174 Å².